The highest BCUT2D eigenvalue weighted by atomic mass is 32.2. The van der Waals surface area contributed by atoms with Gasteiger partial charge < -0.3 is 21.1 Å². The van der Waals surface area contributed by atoms with Gasteiger partial charge in [-0.3, -0.25) is 9.78 Å². The second-order valence-corrected chi connectivity index (χ2v) is 8.70. The number of hydrogen-bond acceptors (Lipinski definition) is 9. The van der Waals surface area contributed by atoms with Gasteiger partial charge in [0.15, 0.2) is 0 Å². The van der Waals surface area contributed by atoms with Crippen molar-refractivity contribution in [3.05, 3.63) is 89.9 Å². The fraction of sp³-hybridized carbons (Fsp3) is 0.120. The second-order valence-electron chi connectivity index (χ2n) is 7.72. The Bertz CT molecular complexity index is 1450. The number of nitrogens with two attached hydrogens (primary N) is 1. The van der Waals surface area contributed by atoms with Crippen molar-refractivity contribution >= 4 is 33.9 Å². The third kappa shape index (κ3) is 6.20. The molecular weight excluding hydrogens is 480 g/mol. The largest absolute Gasteiger partial charge is 0.495 e. The lowest BCUT2D eigenvalue weighted by molar-refractivity contribution is 0.102. The summed E-state index contributed by atoms with van der Waals surface area (Å²) in [6.45, 7) is 0.263. The van der Waals surface area contributed by atoms with Crippen LogP contribution in [0.25, 0.3) is 11.3 Å². The Hall–Kier alpha value is -4.35. The number of thiol groups is 1. The quantitative estimate of drug-likeness (QED) is 0.252. The second kappa shape index (κ2) is 11.4. The molecule has 0 bridgehead atoms. The van der Waals surface area contributed by atoms with Crippen molar-refractivity contribution in [2.24, 2.45) is 5.73 Å². The van der Waals surface area contributed by atoms with Crippen molar-refractivity contribution < 1.29 is 17.9 Å². The van der Waals surface area contributed by atoms with Crippen LogP contribution in [0, 0.1) is 0 Å². The third-order valence-corrected chi connectivity index (χ3v) is 5.89. The van der Waals surface area contributed by atoms with Crippen LogP contribution < -0.4 is 21.1 Å². The van der Waals surface area contributed by atoms with Crippen molar-refractivity contribution in [2.75, 3.05) is 17.7 Å². The number of rotatable bonds is 9. The number of carbonyl (C=O) groups is 1. The standard InChI is InChI=1S/C25H24N6O4S/c1-35-21-10-19(13-27-14-21)22-8-9-28-25(30-22)31-23-11-20(7-6-18(23)12-26)29-24(32)17-4-2-16(3-5-17)15-36(33)34/h2-11,13-14,36H,12,15,26H2,1H3,(H,29,32)(H,28,30,31). The van der Waals surface area contributed by atoms with Gasteiger partial charge in [-0.15, -0.1) is 0 Å². The highest BCUT2D eigenvalue weighted by Gasteiger charge is 2.11. The summed E-state index contributed by atoms with van der Waals surface area (Å²) in [4.78, 5) is 25.7. The first kappa shape index (κ1) is 24.8. The zero-order chi connectivity index (χ0) is 25.5. The van der Waals surface area contributed by atoms with Crippen molar-refractivity contribution in [3.63, 3.8) is 0 Å². The van der Waals surface area contributed by atoms with Crippen molar-refractivity contribution in [2.45, 2.75) is 12.3 Å². The van der Waals surface area contributed by atoms with E-state index >= 15 is 0 Å². The molecule has 0 radical (unpaired) electrons. The van der Waals surface area contributed by atoms with Gasteiger partial charge in [-0.2, -0.15) is 0 Å². The molecule has 2 aromatic carbocycles. The molecule has 0 fully saturated rings. The Morgan fingerprint density at radius 3 is 2.58 bits per heavy atom. The molecule has 0 saturated carbocycles. The molecule has 1 amide bonds. The maximum Gasteiger partial charge on any atom is 0.255 e. The van der Waals surface area contributed by atoms with Gasteiger partial charge in [0.25, 0.3) is 5.91 Å². The number of amides is 1. The summed E-state index contributed by atoms with van der Waals surface area (Å²) in [6.07, 6.45) is 4.93. The average Bonchev–Trinajstić information content (AvgIpc) is 2.89. The number of anilines is 3. The van der Waals surface area contributed by atoms with E-state index in [1.54, 1.807) is 68.2 Å². The number of benzene rings is 2. The highest BCUT2D eigenvalue weighted by Crippen LogP contribution is 2.26. The Morgan fingerprint density at radius 2 is 1.86 bits per heavy atom. The zero-order valence-corrected chi connectivity index (χ0v) is 20.2. The van der Waals surface area contributed by atoms with Crippen LogP contribution in [0.1, 0.15) is 21.5 Å². The Balaban J connectivity index is 1.53. The smallest absolute Gasteiger partial charge is 0.255 e. The highest BCUT2D eigenvalue weighted by molar-refractivity contribution is 7.71. The lowest BCUT2D eigenvalue weighted by Gasteiger charge is -2.13. The number of ether oxygens (including phenoxy) is 1. The van der Waals surface area contributed by atoms with Gasteiger partial charge in [-0.1, -0.05) is 18.2 Å². The summed E-state index contributed by atoms with van der Waals surface area (Å²) in [7, 11) is -0.955. The molecule has 0 spiro atoms. The first-order valence-corrected chi connectivity index (χ1v) is 12.3. The molecular formula is C25H24N6O4S. The molecule has 36 heavy (non-hydrogen) atoms. The average molecular weight is 505 g/mol. The van der Waals surface area contributed by atoms with Crippen LogP contribution in [0.2, 0.25) is 0 Å². The molecule has 2 heterocycles. The first-order valence-electron chi connectivity index (χ1n) is 10.9. The third-order valence-electron chi connectivity index (χ3n) is 5.26. The molecule has 0 unspecified atom stereocenters. The monoisotopic (exact) mass is 504 g/mol. The van der Waals surface area contributed by atoms with Gasteiger partial charge in [0, 0.05) is 41.4 Å². The molecule has 11 heteroatoms. The summed E-state index contributed by atoms with van der Waals surface area (Å²) in [5, 5.41) is 6.02. The van der Waals surface area contributed by atoms with Crippen LogP contribution in [0.3, 0.4) is 0 Å². The van der Waals surface area contributed by atoms with E-state index in [-0.39, 0.29) is 18.2 Å². The summed E-state index contributed by atoms with van der Waals surface area (Å²) in [6, 6.07) is 15.3. The van der Waals surface area contributed by atoms with E-state index in [0.717, 1.165) is 11.1 Å². The fourth-order valence-electron chi connectivity index (χ4n) is 3.43. The molecule has 0 aliphatic rings. The van der Waals surface area contributed by atoms with Crippen LogP contribution >= 0.6 is 0 Å². The molecule has 184 valence electrons. The summed E-state index contributed by atoms with van der Waals surface area (Å²) in [5.74, 6) is 0.568. The number of aromatic nitrogens is 3. The number of pyridine rings is 1. The molecule has 2 aromatic heterocycles. The van der Waals surface area contributed by atoms with E-state index in [4.69, 9.17) is 10.5 Å². The topological polar surface area (TPSA) is 149 Å². The van der Waals surface area contributed by atoms with Gasteiger partial charge in [0.05, 0.1) is 24.8 Å². The summed E-state index contributed by atoms with van der Waals surface area (Å²) in [5.41, 5.74) is 10.4. The predicted molar refractivity (Wildman–Crippen MR) is 138 cm³/mol. The summed E-state index contributed by atoms with van der Waals surface area (Å²) >= 11 is 0. The minimum atomic E-state index is -2.53. The predicted octanol–water partition coefficient (Wildman–Crippen LogP) is 3.11. The number of methoxy groups -OCH3 is 1. The Morgan fingerprint density at radius 1 is 1.06 bits per heavy atom. The molecule has 4 aromatic rings. The Kier molecular flexibility index (Phi) is 7.83. The molecule has 0 saturated heterocycles. The molecule has 0 atom stereocenters. The van der Waals surface area contributed by atoms with Crippen molar-refractivity contribution in [1.82, 2.24) is 15.0 Å². The molecule has 4 rings (SSSR count). The van der Waals surface area contributed by atoms with Crippen molar-refractivity contribution in [1.29, 1.82) is 0 Å². The summed E-state index contributed by atoms with van der Waals surface area (Å²) < 4.78 is 27.0. The maximum absolute atomic E-state index is 12.7. The fourth-order valence-corrected chi connectivity index (χ4v) is 3.94. The number of nitrogens with one attached hydrogen (secondary N) is 2. The number of hydrogen-bond donors (Lipinski definition) is 4. The zero-order valence-electron chi connectivity index (χ0n) is 19.3. The van der Waals surface area contributed by atoms with E-state index in [2.05, 4.69) is 25.6 Å². The van der Waals surface area contributed by atoms with E-state index in [1.807, 2.05) is 12.1 Å². The van der Waals surface area contributed by atoms with E-state index in [9.17, 15) is 13.2 Å². The first-order chi connectivity index (χ1) is 17.4. The van der Waals surface area contributed by atoms with Gasteiger partial charge in [-0.05, 0) is 47.5 Å². The Labute approximate surface area is 209 Å². The van der Waals surface area contributed by atoms with Crippen LogP contribution in [0.4, 0.5) is 17.3 Å². The normalized spacial score (nSPS) is 10.8. The maximum atomic E-state index is 12.7. The molecule has 0 aliphatic heterocycles. The lowest BCUT2D eigenvalue weighted by Crippen LogP contribution is -2.13. The SMILES string of the molecule is COc1cncc(-c2ccnc(Nc3cc(NC(=O)c4ccc(C[SH](=O)=O)cc4)ccc3CN)n2)c1. The van der Waals surface area contributed by atoms with E-state index in [0.29, 0.717) is 39.9 Å². The van der Waals surface area contributed by atoms with Crippen LogP contribution in [-0.2, 0) is 23.0 Å². The van der Waals surface area contributed by atoms with Gasteiger partial charge in [0.2, 0.25) is 5.95 Å². The van der Waals surface area contributed by atoms with Gasteiger partial charge in [0.1, 0.15) is 16.5 Å². The lowest BCUT2D eigenvalue weighted by atomic mass is 10.1. The van der Waals surface area contributed by atoms with E-state index in [1.165, 1.54) is 0 Å². The van der Waals surface area contributed by atoms with Crippen molar-refractivity contribution in [3.8, 4) is 17.0 Å². The van der Waals surface area contributed by atoms with Crippen LogP contribution in [-0.4, -0.2) is 36.4 Å². The molecule has 0 aliphatic carbocycles. The van der Waals surface area contributed by atoms with Gasteiger partial charge in [-0.25, -0.2) is 18.4 Å². The van der Waals surface area contributed by atoms with Crippen LogP contribution in [0.5, 0.6) is 5.75 Å². The number of carbonyl (C=O) groups excluding carboxylic acids is 1. The van der Waals surface area contributed by atoms with E-state index < -0.39 is 10.7 Å². The molecule has 10 nitrogen and oxygen atoms in total. The minimum Gasteiger partial charge on any atom is -0.495 e. The molecule has 4 N–H and O–H groups in total. The minimum absolute atomic E-state index is 0.0651. The number of nitrogens with zero attached hydrogens (tertiary/aromatic N) is 3. The van der Waals surface area contributed by atoms with Crippen LogP contribution in [0.15, 0.2) is 73.2 Å². The van der Waals surface area contributed by atoms with Gasteiger partial charge >= 0.3 is 0 Å².